The van der Waals surface area contributed by atoms with Gasteiger partial charge in [0, 0.05) is 43.6 Å². The maximum absolute atomic E-state index is 13.3. The van der Waals surface area contributed by atoms with E-state index in [1.807, 2.05) is 38.1 Å². The second-order valence-electron chi connectivity index (χ2n) is 9.20. The number of rotatable bonds is 5. The molecule has 2 atom stereocenters. The van der Waals surface area contributed by atoms with E-state index in [-0.39, 0.29) is 24.3 Å². The fourth-order valence-corrected chi connectivity index (χ4v) is 4.78. The largest absolute Gasteiger partial charge is 0.497 e. The van der Waals surface area contributed by atoms with E-state index in [2.05, 4.69) is 15.1 Å². The highest BCUT2D eigenvalue weighted by molar-refractivity contribution is 5.82. The van der Waals surface area contributed by atoms with Gasteiger partial charge in [-0.05, 0) is 48.2 Å². The first kappa shape index (κ1) is 23.3. The summed E-state index contributed by atoms with van der Waals surface area (Å²) in [6.07, 6.45) is -4.12. The highest BCUT2D eigenvalue weighted by atomic mass is 19.4. The van der Waals surface area contributed by atoms with Gasteiger partial charge in [-0.15, -0.1) is 0 Å². The second kappa shape index (κ2) is 9.15. The van der Waals surface area contributed by atoms with Gasteiger partial charge in [-0.1, -0.05) is 19.9 Å². The molecule has 2 aromatic rings. The molecule has 2 heterocycles. The molecule has 0 unspecified atom stereocenters. The van der Waals surface area contributed by atoms with Crippen molar-refractivity contribution in [3.63, 3.8) is 0 Å². The van der Waals surface area contributed by atoms with E-state index >= 15 is 0 Å². The smallest absolute Gasteiger partial charge is 0.416 e. The summed E-state index contributed by atoms with van der Waals surface area (Å²) in [5.41, 5.74) is 1.72. The molecular formula is C25H30F3N3O2. The molecule has 1 amide bonds. The SMILES string of the molecule is COc1cccc(N2CCN3c4ccc(C(F)(F)F)cc4C[C@@H](C(=O)NCC(C)C)[C@@H]3C2)c1. The number of carbonyl (C=O) groups is 1. The zero-order chi connectivity index (χ0) is 23.8. The third kappa shape index (κ3) is 4.89. The molecule has 178 valence electrons. The molecule has 5 nitrogen and oxygen atoms in total. The molecule has 1 N–H and O–H groups in total. The molecule has 1 fully saturated rings. The molecule has 33 heavy (non-hydrogen) atoms. The number of halogens is 3. The molecule has 4 rings (SSSR count). The maximum atomic E-state index is 13.3. The predicted molar refractivity (Wildman–Crippen MR) is 123 cm³/mol. The van der Waals surface area contributed by atoms with Crippen LogP contribution in [0.25, 0.3) is 0 Å². The van der Waals surface area contributed by atoms with Crippen molar-refractivity contribution in [3.8, 4) is 5.75 Å². The number of fused-ring (bicyclic) bond motifs is 3. The molecule has 0 bridgehead atoms. The van der Waals surface area contributed by atoms with Crippen LogP contribution in [0.1, 0.15) is 25.0 Å². The van der Waals surface area contributed by atoms with Crippen LogP contribution in [0, 0.1) is 11.8 Å². The van der Waals surface area contributed by atoms with E-state index in [1.54, 1.807) is 13.2 Å². The van der Waals surface area contributed by atoms with E-state index in [9.17, 15) is 18.0 Å². The van der Waals surface area contributed by atoms with Gasteiger partial charge in [0.1, 0.15) is 5.75 Å². The molecule has 2 aliphatic rings. The van der Waals surface area contributed by atoms with Crippen molar-refractivity contribution in [2.24, 2.45) is 11.8 Å². The Balaban J connectivity index is 1.66. The Morgan fingerprint density at radius 2 is 1.97 bits per heavy atom. The molecular weight excluding hydrogens is 431 g/mol. The van der Waals surface area contributed by atoms with Crippen molar-refractivity contribution < 1.29 is 22.7 Å². The number of anilines is 2. The zero-order valence-corrected chi connectivity index (χ0v) is 19.2. The number of carbonyl (C=O) groups excluding carboxylic acids is 1. The van der Waals surface area contributed by atoms with E-state index in [0.29, 0.717) is 31.7 Å². The Kier molecular flexibility index (Phi) is 6.45. The fraction of sp³-hybridized carbons (Fsp3) is 0.480. The summed E-state index contributed by atoms with van der Waals surface area (Å²) in [6, 6.07) is 11.6. The van der Waals surface area contributed by atoms with E-state index in [4.69, 9.17) is 4.74 Å². The third-order valence-electron chi connectivity index (χ3n) is 6.48. The summed E-state index contributed by atoms with van der Waals surface area (Å²) in [6.45, 7) is 6.50. The highest BCUT2D eigenvalue weighted by Crippen LogP contribution is 2.40. The lowest BCUT2D eigenvalue weighted by Gasteiger charge is -2.49. The normalized spacial score (nSPS) is 20.3. The number of nitrogens with one attached hydrogen (secondary N) is 1. The van der Waals surface area contributed by atoms with Gasteiger partial charge in [-0.2, -0.15) is 13.2 Å². The monoisotopic (exact) mass is 461 g/mol. The molecule has 1 saturated heterocycles. The summed E-state index contributed by atoms with van der Waals surface area (Å²) >= 11 is 0. The molecule has 0 aromatic heterocycles. The summed E-state index contributed by atoms with van der Waals surface area (Å²) in [5.74, 6) is 0.509. The van der Waals surface area contributed by atoms with E-state index < -0.39 is 17.7 Å². The lowest BCUT2D eigenvalue weighted by Crippen LogP contribution is -2.61. The van der Waals surface area contributed by atoms with Crippen LogP contribution in [-0.4, -0.2) is 45.2 Å². The van der Waals surface area contributed by atoms with Gasteiger partial charge in [-0.25, -0.2) is 0 Å². The Labute approximate surface area is 192 Å². The second-order valence-corrected chi connectivity index (χ2v) is 9.20. The number of alkyl halides is 3. The predicted octanol–water partition coefficient (Wildman–Crippen LogP) is 4.35. The van der Waals surface area contributed by atoms with E-state index in [1.165, 1.54) is 6.07 Å². The van der Waals surface area contributed by atoms with Crippen molar-refractivity contribution in [1.29, 1.82) is 0 Å². The van der Waals surface area contributed by atoms with Crippen molar-refractivity contribution in [2.45, 2.75) is 32.5 Å². The van der Waals surface area contributed by atoms with Crippen molar-refractivity contribution in [2.75, 3.05) is 43.1 Å². The van der Waals surface area contributed by atoms with Crippen molar-refractivity contribution in [1.82, 2.24) is 5.32 Å². The summed E-state index contributed by atoms with van der Waals surface area (Å²) in [7, 11) is 1.62. The van der Waals surface area contributed by atoms with Gasteiger partial charge in [-0.3, -0.25) is 4.79 Å². The van der Waals surface area contributed by atoms with Crippen molar-refractivity contribution in [3.05, 3.63) is 53.6 Å². The quantitative estimate of drug-likeness (QED) is 0.719. The van der Waals surface area contributed by atoms with Crippen LogP contribution in [0.3, 0.4) is 0 Å². The number of ether oxygens (including phenoxy) is 1. The van der Waals surface area contributed by atoms with Crippen LogP contribution < -0.4 is 19.9 Å². The fourth-order valence-electron chi connectivity index (χ4n) is 4.78. The first-order valence-corrected chi connectivity index (χ1v) is 11.3. The lowest BCUT2D eigenvalue weighted by atomic mass is 9.82. The Hall–Kier alpha value is -2.90. The van der Waals surface area contributed by atoms with Gasteiger partial charge < -0.3 is 19.9 Å². The molecule has 2 aromatic carbocycles. The number of benzene rings is 2. The molecule has 8 heteroatoms. The number of amides is 1. The average molecular weight is 462 g/mol. The number of nitrogens with zero attached hydrogens (tertiary/aromatic N) is 2. The molecule has 0 saturated carbocycles. The van der Waals surface area contributed by atoms with E-state index in [0.717, 1.165) is 23.2 Å². The summed E-state index contributed by atoms with van der Waals surface area (Å²) in [4.78, 5) is 17.5. The zero-order valence-electron chi connectivity index (χ0n) is 19.2. The first-order chi connectivity index (χ1) is 15.7. The minimum absolute atomic E-state index is 0.103. The van der Waals surface area contributed by atoms with Gasteiger partial charge in [0.2, 0.25) is 5.91 Å². The van der Waals surface area contributed by atoms with Crippen LogP contribution in [0.4, 0.5) is 24.5 Å². The standard InChI is InChI=1S/C25H30F3N3O2/c1-16(2)14-29-24(32)21-12-17-11-18(25(26,27)28)7-8-22(17)31-10-9-30(15-23(21)31)19-5-4-6-20(13-19)33-3/h4-8,11,13,16,21,23H,9-10,12,14-15H2,1-3H3,(H,29,32)/t21-,23+/m1/s1. The topological polar surface area (TPSA) is 44.8 Å². The van der Waals surface area contributed by atoms with Gasteiger partial charge in [0.05, 0.1) is 24.6 Å². The molecule has 2 aliphatic heterocycles. The third-order valence-corrected chi connectivity index (χ3v) is 6.48. The van der Waals surface area contributed by atoms with Crippen LogP contribution in [-0.2, 0) is 17.4 Å². The number of hydrogen-bond donors (Lipinski definition) is 1. The van der Waals surface area contributed by atoms with Crippen LogP contribution in [0.5, 0.6) is 5.75 Å². The maximum Gasteiger partial charge on any atom is 0.416 e. The number of hydrogen-bond acceptors (Lipinski definition) is 4. The Morgan fingerprint density at radius 3 is 2.67 bits per heavy atom. The van der Waals surface area contributed by atoms with Gasteiger partial charge in [0.15, 0.2) is 0 Å². The van der Waals surface area contributed by atoms with Gasteiger partial charge >= 0.3 is 6.18 Å². The average Bonchev–Trinajstić information content (AvgIpc) is 2.80. The number of piperazine rings is 1. The first-order valence-electron chi connectivity index (χ1n) is 11.3. The molecule has 0 aliphatic carbocycles. The van der Waals surface area contributed by atoms with Crippen LogP contribution in [0.2, 0.25) is 0 Å². The Morgan fingerprint density at radius 1 is 1.18 bits per heavy atom. The number of methoxy groups -OCH3 is 1. The molecule has 0 radical (unpaired) electrons. The Bertz CT molecular complexity index is 1010. The highest BCUT2D eigenvalue weighted by Gasteiger charge is 2.42. The molecule has 0 spiro atoms. The lowest BCUT2D eigenvalue weighted by molar-refractivity contribution is -0.137. The van der Waals surface area contributed by atoms with Gasteiger partial charge in [0.25, 0.3) is 0 Å². The van der Waals surface area contributed by atoms with Crippen molar-refractivity contribution >= 4 is 17.3 Å². The minimum atomic E-state index is -4.41. The summed E-state index contributed by atoms with van der Waals surface area (Å²) in [5, 5.41) is 3.01. The van der Waals surface area contributed by atoms with Crippen LogP contribution >= 0.6 is 0 Å². The van der Waals surface area contributed by atoms with Crippen LogP contribution in [0.15, 0.2) is 42.5 Å². The summed E-state index contributed by atoms with van der Waals surface area (Å²) < 4.78 is 45.4. The minimum Gasteiger partial charge on any atom is -0.497 e.